The zero-order chi connectivity index (χ0) is 24.8. The maximum atomic E-state index is 4.98. The Bertz CT molecular complexity index is 464. The van der Waals surface area contributed by atoms with Crippen LogP contribution in [0, 0.1) is 17.8 Å². The zero-order valence-electron chi connectivity index (χ0n) is 23.0. The van der Waals surface area contributed by atoms with Gasteiger partial charge in [-0.25, -0.2) is 0 Å². The van der Waals surface area contributed by atoms with Crippen LogP contribution in [0.15, 0.2) is 15.3 Å². The SMILES string of the molecule is CC.CC.CC.CC(C)C1=NCCN1C.CC(C)C1=NOCC1.CC(C)C1CC=NO1. The third-order valence-corrected chi connectivity index (χ3v) is 4.27. The molecule has 0 N–H and O–H groups in total. The molecule has 0 amide bonds. The average Bonchev–Trinajstić information content (AvgIpc) is 3.55. The molecule has 1 unspecified atom stereocenters. The van der Waals surface area contributed by atoms with Crippen LogP contribution in [0.4, 0.5) is 0 Å². The summed E-state index contributed by atoms with van der Waals surface area (Å²) in [6, 6.07) is 0. The Morgan fingerprint density at radius 3 is 1.71 bits per heavy atom. The van der Waals surface area contributed by atoms with Crippen molar-refractivity contribution in [2.75, 3.05) is 26.7 Å². The lowest BCUT2D eigenvalue weighted by Gasteiger charge is -2.15. The van der Waals surface area contributed by atoms with Crippen LogP contribution in [-0.2, 0) is 9.68 Å². The van der Waals surface area contributed by atoms with Gasteiger partial charge in [-0.15, -0.1) is 0 Å². The van der Waals surface area contributed by atoms with Gasteiger partial charge >= 0.3 is 0 Å². The normalized spacial score (nSPS) is 17.8. The smallest absolute Gasteiger partial charge is 0.134 e. The molecule has 3 aliphatic rings. The van der Waals surface area contributed by atoms with Gasteiger partial charge in [-0.3, -0.25) is 4.99 Å². The van der Waals surface area contributed by atoms with Crippen LogP contribution >= 0.6 is 0 Å². The Balaban J connectivity index is -0.000000338. The minimum absolute atomic E-state index is 0.343. The van der Waals surface area contributed by atoms with Gasteiger partial charge in [0.1, 0.15) is 18.5 Å². The minimum atomic E-state index is 0.343. The molecule has 0 aromatic heterocycles. The summed E-state index contributed by atoms with van der Waals surface area (Å²) in [6.45, 7) is 27.8. The van der Waals surface area contributed by atoms with E-state index in [9.17, 15) is 0 Å². The molecule has 0 aromatic carbocycles. The number of aliphatic imine (C=N–C) groups is 1. The number of rotatable bonds is 3. The monoisotopic (exact) mass is 442 g/mol. The van der Waals surface area contributed by atoms with E-state index in [4.69, 9.17) is 9.68 Å². The summed E-state index contributed by atoms with van der Waals surface area (Å²) < 4.78 is 0. The first-order chi connectivity index (χ1) is 14.8. The maximum absolute atomic E-state index is 4.98. The van der Waals surface area contributed by atoms with Crippen LogP contribution in [0.25, 0.3) is 0 Å². The number of oxime groups is 2. The van der Waals surface area contributed by atoms with Crippen molar-refractivity contribution in [1.29, 1.82) is 0 Å². The standard InChI is InChI=1S/C7H14N2.2C6H11NO.3C2H6/c1-6(2)7-8-4-5-9(7)3;1-5(2)6-3-4-8-7-6;1-5(2)6-3-4-7-8-6;3*1-2/h6H,4-5H2,1-3H3;5H,3-4H2,1-2H3;4-6H,3H2,1-2H3;3*1-2H3. The third kappa shape index (κ3) is 16.7. The lowest BCUT2D eigenvalue weighted by molar-refractivity contribution is 0.0521. The Hall–Kier alpha value is -1.59. The molecule has 31 heavy (non-hydrogen) atoms. The number of likely N-dealkylation sites (N-methyl/N-ethyl adjacent to an activating group) is 1. The van der Waals surface area contributed by atoms with Gasteiger partial charge in [-0.1, -0.05) is 93.4 Å². The molecule has 0 aliphatic carbocycles. The van der Waals surface area contributed by atoms with E-state index in [1.165, 1.54) is 11.5 Å². The molecule has 0 saturated heterocycles. The van der Waals surface area contributed by atoms with Crippen LogP contribution in [0.5, 0.6) is 0 Å². The number of hydrogen-bond acceptors (Lipinski definition) is 6. The van der Waals surface area contributed by atoms with Crippen molar-refractivity contribution >= 4 is 17.8 Å². The lowest BCUT2D eigenvalue weighted by atomic mass is 10.1. The summed E-state index contributed by atoms with van der Waals surface area (Å²) in [5, 5.41) is 7.51. The molecule has 3 heterocycles. The molecule has 0 aromatic rings. The first-order valence-electron chi connectivity index (χ1n) is 12.4. The predicted octanol–water partition coefficient (Wildman–Crippen LogP) is 6.90. The summed E-state index contributed by atoms with van der Waals surface area (Å²) >= 11 is 0. The molecular weight excluding hydrogens is 388 g/mol. The highest BCUT2D eigenvalue weighted by Crippen LogP contribution is 2.13. The summed E-state index contributed by atoms with van der Waals surface area (Å²) in [6.07, 6.45) is 4.18. The lowest BCUT2D eigenvalue weighted by Crippen LogP contribution is -2.26. The first-order valence-corrected chi connectivity index (χ1v) is 12.4. The van der Waals surface area contributed by atoms with Gasteiger partial charge < -0.3 is 14.6 Å². The van der Waals surface area contributed by atoms with Crippen LogP contribution in [-0.4, -0.2) is 55.5 Å². The summed E-state index contributed by atoms with van der Waals surface area (Å²) in [5.41, 5.74) is 1.20. The van der Waals surface area contributed by atoms with Gasteiger partial charge in [0.15, 0.2) is 0 Å². The zero-order valence-corrected chi connectivity index (χ0v) is 23.0. The predicted molar refractivity (Wildman–Crippen MR) is 139 cm³/mol. The van der Waals surface area contributed by atoms with Crippen molar-refractivity contribution < 1.29 is 9.68 Å². The highest BCUT2D eigenvalue weighted by Gasteiger charge is 2.16. The molecule has 186 valence electrons. The third-order valence-electron chi connectivity index (χ3n) is 4.27. The van der Waals surface area contributed by atoms with E-state index in [1.807, 2.05) is 47.8 Å². The van der Waals surface area contributed by atoms with Crippen molar-refractivity contribution in [1.82, 2.24) is 4.90 Å². The fraction of sp³-hybridized carbons (Fsp3) is 0.880. The molecule has 0 spiro atoms. The second-order valence-corrected chi connectivity index (χ2v) is 7.55. The van der Waals surface area contributed by atoms with Gasteiger partial charge in [-0.05, 0) is 11.8 Å². The molecule has 1 atom stereocenters. The molecule has 0 saturated carbocycles. The molecule has 0 bridgehead atoms. The quantitative estimate of drug-likeness (QED) is 0.477. The van der Waals surface area contributed by atoms with Crippen molar-refractivity contribution in [3.8, 4) is 0 Å². The van der Waals surface area contributed by atoms with E-state index >= 15 is 0 Å². The van der Waals surface area contributed by atoms with Crippen molar-refractivity contribution in [2.45, 2.75) is 102 Å². The van der Waals surface area contributed by atoms with Gasteiger partial charge in [0.2, 0.25) is 0 Å². The molecule has 0 fully saturated rings. The van der Waals surface area contributed by atoms with E-state index < -0.39 is 0 Å². The van der Waals surface area contributed by atoms with E-state index in [2.05, 4.69) is 68.8 Å². The fourth-order valence-corrected chi connectivity index (χ4v) is 2.60. The van der Waals surface area contributed by atoms with Gasteiger partial charge in [0.05, 0.1) is 12.3 Å². The maximum Gasteiger partial charge on any atom is 0.134 e. The Labute approximate surface area is 194 Å². The largest absolute Gasteiger partial charge is 0.395 e. The molecule has 3 aliphatic heterocycles. The Kier molecular flexibility index (Phi) is 25.3. The van der Waals surface area contributed by atoms with Crippen LogP contribution in [0.3, 0.4) is 0 Å². The second-order valence-electron chi connectivity index (χ2n) is 7.55. The summed E-state index contributed by atoms with van der Waals surface area (Å²) in [4.78, 5) is 16.4. The Morgan fingerprint density at radius 2 is 1.52 bits per heavy atom. The molecule has 3 rings (SSSR count). The molecule has 0 radical (unpaired) electrons. The van der Waals surface area contributed by atoms with E-state index in [1.54, 1.807) is 0 Å². The molecule has 6 nitrogen and oxygen atoms in total. The average molecular weight is 443 g/mol. The number of nitrogens with zero attached hydrogens (tertiary/aromatic N) is 4. The number of amidine groups is 1. The fourth-order valence-electron chi connectivity index (χ4n) is 2.60. The molecule has 6 heteroatoms. The number of hydrogen-bond donors (Lipinski definition) is 0. The van der Waals surface area contributed by atoms with Crippen LogP contribution < -0.4 is 0 Å². The van der Waals surface area contributed by atoms with E-state index in [0.717, 1.165) is 32.5 Å². The Morgan fingerprint density at radius 1 is 0.935 bits per heavy atom. The highest BCUT2D eigenvalue weighted by atomic mass is 16.6. The minimum Gasteiger partial charge on any atom is -0.395 e. The van der Waals surface area contributed by atoms with Crippen molar-refractivity contribution in [2.24, 2.45) is 33.1 Å². The second kappa shape index (κ2) is 23.1. The van der Waals surface area contributed by atoms with Gasteiger partial charge in [0.25, 0.3) is 0 Å². The van der Waals surface area contributed by atoms with Gasteiger partial charge in [-0.2, -0.15) is 0 Å². The van der Waals surface area contributed by atoms with Crippen LogP contribution in [0.1, 0.15) is 95.9 Å². The van der Waals surface area contributed by atoms with E-state index in [-0.39, 0.29) is 0 Å². The summed E-state index contributed by atoms with van der Waals surface area (Å²) in [5.74, 6) is 3.02. The summed E-state index contributed by atoms with van der Waals surface area (Å²) in [7, 11) is 2.10. The van der Waals surface area contributed by atoms with Crippen molar-refractivity contribution in [3.63, 3.8) is 0 Å². The van der Waals surface area contributed by atoms with E-state index in [0.29, 0.717) is 23.9 Å². The van der Waals surface area contributed by atoms with Crippen molar-refractivity contribution in [3.05, 3.63) is 0 Å². The van der Waals surface area contributed by atoms with Gasteiger partial charge in [0, 0.05) is 38.6 Å². The van der Waals surface area contributed by atoms with Crippen LogP contribution in [0.2, 0.25) is 0 Å². The topological polar surface area (TPSA) is 58.8 Å². The highest BCUT2D eigenvalue weighted by molar-refractivity contribution is 5.86. The first kappa shape index (κ1) is 34.0. The molecular formula is C25H54N4O2.